The Morgan fingerprint density at radius 3 is 2.48 bits per heavy atom. The van der Waals surface area contributed by atoms with Crippen molar-refractivity contribution in [3.8, 4) is 5.75 Å². The quantitative estimate of drug-likeness (QED) is 0.748. The van der Waals surface area contributed by atoms with Gasteiger partial charge in [0.1, 0.15) is 4.90 Å². The standard InChI is InChI=1S/C15H14F4N2O3S/c16-10-6-14(24-15(18)19)11(17)5-13(10)21-25(22,23)9-4-12(20-7-9)8-2-1-3-8/h4-8,15,20-21H,1-3H2. The third-order valence-corrected chi connectivity index (χ3v) is 5.36. The van der Waals surface area contributed by atoms with Crippen molar-refractivity contribution in [3.05, 3.63) is 41.7 Å². The SMILES string of the molecule is O=S(=O)(Nc1cc(F)c(OC(F)F)cc1F)c1c[nH]c(C2CCC2)c1. The maximum Gasteiger partial charge on any atom is 0.387 e. The van der Waals surface area contributed by atoms with E-state index in [9.17, 15) is 26.0 Å². The second-order valence-electron chi connectivity index (χ2n) is 5.67. The van der Waals surface area contributed by atoms with Gasteiger partial charge in [0.2, 0.25) is 0 Å². The lowest BCUT2D eigenvalue weighted by Gasteiger charge is -2.23. The highest BCUT2D eigenvalue weighted by molar-refractivity contribution is 7.92. The van der Waals surface area contributed by atoms with Crippen LogP contribution in [0.1, 0.15) is 30.9 Å². The van der Waals surface area contributed by atoms with Crippen LogP contribution in [0.25, 0.3) is 0 Å². The summed E-state index contributed by atoms with van der Waals surface area (Å²) in [5.41, 5.74) is 0.0597. The number of halogens is 4. The Labute approximate surface area is 141 Å². The molecule has 10 heteroatoms. The maximum atomic E-state index is 13.9. The number of hydrogen-bond acceptors (Lipinski definition) is 3. The van der Waals surface area contributed by atoms with Crippen molar-refractivity contribution in [2.24, 2.45) is 0 Å². The molecule has 0 unspecified atom stereocenters. The molecule has 1 aromatic heterocycles. The zero-order valence-electron chi connectivity index (χ0n) is 12.7. The summed E-state index contributed by atoms with van der Waals surface area (Å²) in [4.78, 5) is 2.74. The minimum Gasteiger partial charge on any atom is -0.432 e. The summed E-state index contributed by atoms with van der Waals surface area (Å²) in [5, 5.41) is 0. The van der Waals surface area contributed by atoms with Gasteiger partial charge in [-0.05, 0) is 24.8 Å². The van der Waals surface area contributed by atoms with Crippen molar-refractivity contribution in [1.29, 1.82) is 0 Å². The molecule has 2 N–H and O–H groups in total. The largest absolute Gasteiger partial charge is 0.432 e. The summed E-state index contributed by atoms with van der Waals surface area (Å²) >= 11 is 0. The first-order chi connectivity index (χ1) is 11.8. The van der Waals surface area contributed by atoms with E-state index in [1.807, 2.05) is 4.72 Å². The Kier molecular flexibility index (Phi) is 4.63. The molecule has 1 aliphatic rings. The fourth-order valence-electron chi connectivity index (χ4n) is 2.50. The molecule has 5 nitrogen and oxygen atoms in total. The predicted molar refractivity (Wildman–Crippen MR) is 81.2 cm³/mol. The molecule has 0 bridgehead atoms. The average Bonchev–Trinajstić information content (AvgIpc) is 2.92. The number of H-pyrrole nitrogens is 1. The predicted octanol–water partition coefficient (Wildman–Crippen LogP) is 3.96. The third-order valence-electron chi connectivity index (χ3n) is 4.02. The van der Waals surface area contributed by atoms with E-state index in [1.54, 1.807) is 0 Å². The number of benzene rings is 1. The van der Waals surface area contributed by atoms with Gasteiger partial charge < -0.3 is 9.72 Å². The molecule has 0 spiro atoms. The van der Waals surface area contributed by atoms with Crippen LogP contribution in [0.2, 0.25) is 0 Å². The van der Waals surface area contributed by atoms with E-state index in [4.69, 9.17) is 0 Å². The average molecular weight is 378 g/mol. The number of anilines is 1. The second kappa shape index (κ2) is 6.58. The minimum absolute atomic E-state index is 0.123. The van der Waals surface area contributed by atoms with Gasteiger partial charge in [-0.1, -0.05) is 6.42 Å². The van der Waals surface area contributed by atoms with Gasteiger partial charge in [-0.15, -0.1) is 0 Å². The summed E-state index contributed by atoms with van der Waals surface area (Å²) < 4.78 is 82.1. The molecule has 0 amide bonds. The van der Waals surface area contributed by atoms with Crippen molar-refractivity contribution >= 4 is 15.7 Å². The normalized spacial score (nSPS) is 15.2. The molecule has 1 aliphatic carbocycles. The van der Waals surface area contributed by atoms with Crippen LogP contribution in [-0.2, 0) is 10.0 Å². The molecule has 3 rings (SSSR count). The Morgan fingerprint density at radius 2 is 1.88 bits per heavy atom. The van der Waals surface area contributed by atoms with Gasteiger partial charge in [-0.25, -0.2) is 17.2 Å². The molecule has 0 radical (unpaired) electrons. The molecular formula is C15H14F4N2O3S. The first-order valence-corrected chi connectivity index (χ1v) is 8.89. The van der Waals surface area contributed by atoms with E-state index in [1.165, 1.54) is 12.3 Å². The minimum atomic E-state index is -4.16. The van der Waals surface area contributed by atoms with Crippen LogP contribution in [0.3, 0.4) is 0 Å². The van der Waals surface area contributed by atoms with Gasteiger partial charge in [0, 0.05) is 24.0 Å². The highest BCUT2D eigenvalue weighted by Crippen LogP contribution is 2.36. The zero-order chi connectivity index (χ0) is 18.2. The van der Waals surface area contributed by atoms with E-state index >= 15 is 0 Å². The Balaban J connectivity index is 1.82. The Morgan fingerprint density at radius 1 is 1.16 bits per heavy atom. The van der Waals surface area contributed by atoms with Crippen LogP contribution < -0.4 is 9.46 Å². The lowest BCUT2D eigenvalue weighted by Crippen LogP contribution is -2.14. The van der Waals surface area contributed by atoms with Crippen LogP contribution in [0.5, 0.6) is 5.75 Å². The smallest absolute Gasteiger partial charge is 0.387 e. The number of aromatic nitrogens is 1. The van der Waals surface area contributed by atoms with Crippen molar-refractivity contribution in [2.45, 2.75) is 36.7 Å². The molecule has 25 heavy (non-hydrogen) atoms. The molecule has 0 atom stereocenters. The van der Waals surface area contributed by atoms with Gasteiger partial charge in [0.25, 0.3) is 10.0 Å². The highest BCUT2D eigenvalue weighted by Gasteiger charge is 2.25. The molecule has 0 aliphatic heterocycles. The van der Waals surface area contributed by atoms with Gasteiger partial charge in [-0.2, -0.15) is 8.78 Å². The van der Waals surface area contributed by atoms with E-state index in [-0.39, 0.29) is 10.8 Å². The number of aromatic amines is 1. The number of sulfonamides is 1. The van der Waals surface area contributed by atoms with E-state index in [0.29, 0.717) is 12.1 Å². The van der Waals surface area contributed by atoms with Crippen LogP contribution in [0.15, 0.2) is 29.3 Å². The number of alkyl halides is 2. The number of hydrogen-bond donors (Lipinski definition) is 2. The van der Waals surface area contributed by atoms with Crippen LogP contribution >= 0.6 is 0 Å². The molecule has 1 fully saturated rings. The van der Waals surface area contributed by atoms with E-state index in [0.717, 1.165) is 25.0 Å². The van der Waals surface area contributed by atoms with Crippen molar-refractivity contribution in [3.63, 3.8) is 0 Å². The van der Waals surface area contributed by atoms with Crippen molar-refractivity contribution in [1.82, 2.24) is 4.98 Å². The molecular weight excluding hydrogens is 364 g/mol. The lowest BCUT2D eigenvalue weighted by molar-refractivity contribution is -0.0523. The van der Waals surface area contributed by atoms with Crippen molar-refractivity contribution < 1.29 is 30.7 Å². The number of rotatable bonds is 6. The monoisotopic (exact) mass is 378 g/mol. The molecule has 0 saturated heterocycles. The van der Waals surface area contributed by atoms with Crippen LogP contribution in [0, 0.1) is 11.6 Å². The Hall–Kier alpha value is -2.23. The van der Waals surface area contributed by atoms with E-state index in [2.05, 4.69) is 9.72 Å². The topological polar surface area (TPSA) is 71.2 Å². The summed E-state index contributed by atoms with van der Waals surface area (Å²) in [6.45, 7) is -3.33. The fourth-order valence-corrected chi connectivity index (χ4v) is 3.56. The first kappa shape index (κ1) is 17.6. The molecule has 1 heterocycles. The lowest BCUT2D eigenvalue weighted by atomic mass is 9.83. The summed E-state index contributed by atoms with van der Waals surface area (Å²) in [7, 11) is -4.16. The summed E-state index contributed by atoms with van der Waals surface area (Å²) in [5.74, 6) is -3.30. The summed E-state index contributed by atoms with van der Waals surface area (Å²) in [6.07, 6.45) is 4.25. The molecule has 2 aromatic rings. The third kappa shape index (κ3) is 3.73. The number of ether oxygens (including phenoxy) is 1. The fraction of sp³-hybridized carbons (Fsp3) is 0.333. The first-order valence-electron chi connectivity index (χ1n) is 7.41. The highest BCUT2D eigenvalue weighted by atomic mass is 32.2. The number of nitrogens with one attached hydrogen (secondary N) is 2. The molecule has 136 valence electrons. The van der Waals surface area contributed by atoms with Crippen LogP contribution in [-0.4, -0.2) is 20.0 Å². The summed E-state index contributed by atoms with van der Waals surface area (Å²) in [6, 6.07) is 2.25. The zero-order valence-corrected chi connectivity index (χ0v) is 13.5. The van der Waals surface area contributed by atoms with Crippen molar-refractivity contribution in [2.75, 3.05) is 4.72 Å². The van der Waals surface area contributed by atoms with Gasteiger partial charge in [0.05, 0.1) is 5.69 Å². The Bertz CT molecular complexity index is 879. The van der Waals surface area contributed by atoms with Gasteiger partial charge in [-0.3, -0.25) is 4.72 Å². The van der Waals surface area contributed by atoms with Crippen LogP contribution in [0.4, 0.5) is 23.2 Å². The molecule has 1 aromatic carbocycles. The second-order valence-corrected chi connectivity index (χ2v) is 7.35. The maximum absolute atomic E-state index is 13.9. The van der Waals surface area contributed by atoms with E-state index < -0.39 is 39.7 Å². The van der Waals surface area contributed by atoms with Gasteiger partial charge in [0.15, 0.2) is 17.4 Å². The van der Waals surface area contributed by atoms with Gasteiger partial charge >= 0.3 is 6.61 Å². The molecule has 1 saturated carbocycles.